The van der Waals surface area contributed by atoms with Crippen molar-refractivity contribution >= 4 is 23.2 Å². The molecule has 0 aliphatic carbocycles. The molecule has 6 nitrogen and oxygen atoms in total. The van der Waals surface area contributed by atoms with Gasteiger partial charge in [0.05, 0.1) is 5.56 Å². The summed E-state index contributed by atoms with van der Waals surface area (Å²) in [6, 6.07) is 5.74. The highest BCUT2D eigenvalue weighted by atomic mass is 16.2. The summed E-state index contributed by atoms with van der Waals surface area (Å²) < 4.78 is 0. The van der Waals surface area contributed by atoms with Crippen molar-refractivity contribution in [2.75, 3.05) is 49.5 Å². The van der Waals surface area contributed by atoms with E-state index in [0.717, 1.165) is 64.1 Å². The molecule has 0 spiro atoms. The molecule has 0 bridgehead atoms. The second kappa shape index (κ2) is 12.5. The number of amides is 2. The molecule has 162 valence electrons. The maximum absolute atomic E-state index is 13.0. The molecular weight excluding hydrogens is 364 g/mol. The molecule has 1 heterocycles. The van der Waals surface area contributed by atoms with Crippen LogP contribution in [0.3, 0.4) is 0 Å². The minimum atomic E-state index is -0.0672. The van der Waals surface area contributed by atoms with Crippen molar-refractivity contribution < 1.29 is 9.59 Å². The average molecular weight is 403 g/mol. The molecule has 1 aliphatic rings. The Kier molecular flexibility index (Phi) is 9.98. The maximum Gasteiger partial charge on any atom is 0.253 e. The van der Waals surface area contributed by atoms with E-state index in [0.29, 0.717) is 24.2 Å². The van der Waals surface area contributed by atoms with Crippen LogP contribution in [-0.2, 0) is 4.79 Å². The third-order valence-corrected chi connectivity index (χ3v) is 5.59. The number of piperidine rings is 1. The number of hydrogen-bond donors (Lipinski definition) is 2. The zero-order chi connectivity index (χ0) is 21.1. The van der Waals surface area contributed by atoms with Crippen LogP contribution in [0.4, 0.5) is 11.4 Å². The summed E-state index contributed by atoms with van der Waals surface area (Å²) in [7, 11) is 0. The molecule has 0 atom stereocenters. The summed E-state index contributed by atoms with van der Waals surface area (Å²) in [6.45, 7) is 11.7. The maximum atomic E-state index is 13.0. The minimum Gasteiger partial charge on any atom is -0.371 e. The molecule has 2 amide bonds. The lowest BCUT2D eigenvalue weighted by Crippen LogP contribution is -2.36. The van der Waals surface area contributed by atoms with E-state index in [-0.39, 0.29) is 11.8 Å². The third-order valence-electron chi connectivity index (χ3n) is 5.59. The standard InChI is InChI=1S/C23H38N4O2/c1-4-7-11-22(28)25-19-12-13-21(27-15-9-8-10-16-27)20(18-19)23(29)24-14-17-26(5-2)6-3/h12-13,18H,4-11,14-17H2,1-3H3,(H,24,29)(H,25,28). The Morgan fingerprint density at radius 1 is 1.07 bits per heavy atom. The van der Waals surface area contributed by atoms with Crippen LogP contribution >= 0.6 is 0 Å². The van der Waals surface area contributed by atoms with E-state index < -0.39 is 0 Å². The van der Waals surface area contributed by atoms with Gasteiger partial charge in [-0.25, -0.2) is 0 Å². The van der Waals surface area contributed by atoms with Gasteiger partial charge < -0.3 is 20.4 Å². The van der Waals surface area contributed by atoms with Crippen LogP contribution in [0, 0.1) is 0 Å². The van der Waals surface area contributed by atoms with Crippen molar-refractivity contribution in [1.29, 1.82) is 0 Å². The van der Waals surface area contributed by atoms with Crippen molar-refractivity contribution in [2.45, 2.75) is 59.3 Å². The molecule has 29 heavy (non-hydrogen) atoms. The first-order chi connectivity index (χ1) is 14.1. The highest BCUT2D eigenvalue weighted by molar-refractivity contribution is 6.02. The SMILES string of the molecule is CCCCC(=O)Nc1ccc(N2CCCCC2)c(C(=O)NCCN(CC)CC)c1. The predicted molar refractivity (Wildman–Crippen MR) is 121 cm³/mol. The Morgan fingerprint density at radius 2 is 1.79 bits per heavy atom. The first-order valence-corrected chi connectivity index (χ1v) is 11.3. The highest BCUT2D eigenvalue weighted by Crippen LogP contribution is 2.27. The first-order valence-electron chi connectivity index (χ1n) is 11.3. The number of anilines is 2. The zero-order valence-corrected chi connectivity index (χ0v) is 18.4. The van der Waals surface area contributed by atoms with Gasteiger partial charge in [0.1, 0.15) is 0 Å². The molecule has 2 rings (SSSR count). The van der Waals surface area contributed by atoms with Crippen LogP contribution in [0.25, 0.3) is 0 Å². The molecule has 6 heteroatoms. The van der Waals surface area contributed by atoms with Crippen LogP contribution in [-0.4, -0.2) is 56.0 Å². The van der Waals surface area contributed by atoms with Gasteiger partial charge in [-0.05, 0) is 57.0 Å². The van der Waals surface area contributed by atoms with Crippen molar-refractivity contribution in [3.05, 3.63) is 23.8 Å². The van der Waals surface area contributed by atoms with Crippen LogP contribution < -0.4 is 15.5 Å². The van der Waals surface area contributed by atoms with E-state index in [1.54, 1.807) is 0 Å². The summed E-state index contributed by atoms with van der Waals surface area (Å²) in [5.74, 6) is -0.0622. The Labute approximate surface area is 176 Å². The molecule has 1 aromatic carbocycles. The van der Waals surface area contributed by atoms with Gasteiger partial charge in [0.15, 0.2) is 0 Å². The molecule has 2 N–H and O–H groups in total. The molecule has 1 saturated heterocycles. The lowest BCUT2D eigenvalue weighted by Gasteiger charge is -2.30. The molecule has 0 aromatic heterocycles. The Balaban J connectivity index is 2.13. The van der Waals surface area contributed by atoms with E-state index >= 15 is 0 Å². The van der Waals surface area contributed by atoms with E-state index in [9.17, 15) is 9.59 Å². The second-order valence-corrected chi connectivity index (χ2v) is 7.71. The summed E-state index contributed by atoms with van der Waals surface area (Å²) in [5.41, 5.74) is 2.32. The van der Waals surface area contributed by atoms with Gasteiger partial charge in [0.25, 0.3) is 5.91 Å². The van der Waals surface area contributed by atoms with Gasteiger partial charge in [-0.3, -0.25) is 9.59 Å². The third kappa shape index (κ3) is 7.35. The number of rotatable bonds is 11. The molecule has 1 aromatic rings. The normalized spacial score (nSPS) is 14.1. The van der Waals surface area contributed by atoms with Gasteiger partial charge in [-0.2, -0.15) is 0 Å². The monoisotopic (exact) mass is 402 g/mol. The predicted octanol–water partition coefficient (Wildman–Crippen LogP) is 3.88. The highest BCUT2D eigenvalue weighted by Gasteiger charge is 2.19. The van der Waals surface area contributed by atoms with Gasteiger partial charge in [-0.15, -0.1) is 0 Å². The lowest BCUT2D eigenvalue weighted by atomic mass is 10.1. The molecular formula is C23H38N4O2. The van der Waals surface area contributed by atoms with Crippen molar-refractivity contribution in [3.63, 3.8) is 0 Å². The fourth-order valence-electron chi connectivity index (χ4n) is 3.73. The summed E-state index contributed by atoms with van der Waals surface area (Å²) in [6.07, 6.45) is 5.91. The number of likely N-dealkylation sites (N-methyl/N-ethyl adjacent to an activating group) is 1. The molecule has 1 fully saturated rings. The number of benzene rings is 1. The number of carbonyl (C=O) groups excluding carboxylic acids is 2. The summed E-state index contributed by atoms with van der Waals surface area (Å²) in [4.78, 5) is 29.7. The van der Waals surface area contributed by atoms with Gasteiger partial charge >= 0.3 is 0 Å². The Bertz CT molecular complexity index is 652. The fourth-order valence-corrected chi connectivity index (χ4v) is 3.73. The van der Waals surface area contributed by atoms with Gasteiger partial charge in [0, 0.05) is 44.0 Å². The zero-order valence-electron chi connectivity index (χ0n) is 18.4. The van der Waals surface area contributed by atoms with Gasteiger partial charge in [-0.1, -0.05) is 27.2 Å². The first kappa shape index (κ1) is 23.2. The fraction of sp³-hybridized carbons (Fsp3) is 0.652. The number of carbonyl (C=O) groups is 2. The van der Waals surface area contributed by atoms with Crippen molar-refractivity contribution in [3.8, 4) is 0 Å². The van der Waals surface area contributed by atoms with E-state index in [1.165, 1.54) is 6.42 Å². The smallest absolute Gasteiger partial charge is 0.253 e. The number of nitrogens with zero attached hydrogens (tertiary/aromatic N) is 2. The van der Waals surface area contributed by atoms with Crippen molar-refractivity contribution in [1.82, 2.24) is 10.2 Å². The van der Waals surface area contributed by atoms with Crippen LogP contribution in [0.15, 0.2) is 18.2 Å². The number of hydrogen-bond acceptors (Lipinski definition) is 4. The molecule has 0 saturated carbocycles. The van der Waals surface area contributed by atoms with E-state index in [1.807, 2.05) is 18.2 Å². The van der Waals surface area contributed by atoms with Crippen LogP contribution in [0.5, 0.6) is 0 Å². The number of unbranched alkanes of at least 4 members (excludes halogenated alkanes) is 1. The lowest BCUT2D eigenvalue weighted by molar-refractivity contribution is -0.116. The summed E-state index contributed by atoms with van der Waals surface area (Å²) >= 11 is 0. The van der Waals surface area contributed by atoms with E-state index in [4.69, 9.17) is 0 Å². The van der Waals surface area contributed by atoms with Crippen LogP contribution in [0.2, 0.25) is 0 Å². The van der Waals surface area contributed by atoms with Crippen molar-refractivity contribution in [2.24, 2.45) is 0 Å². The van der Waals surface area contributed by atoms with Gasteiger partial charge in [0.2, 0.25) is 5.91 Å². The minimum absolute atomic E-state index is 0.00506. The molecule has 0 radical (unpaired) electrons. The Morgan fingerprint density at radius 3 is 2.45 bits per heavy atom. The average Bonchev–Trinajstić information content (AvgIpc) is 2.75. The quantitative estimate of drug-likeness (QED) is 0.590. The summed E-state index contributed by atoms with van der Waals surface area (Å²) in [5, 5.41) is 6.02. The molecule has 0 unspecified atom stereocenters. The topological polar surface area (TPSA) is 64.7 Å². The van der Waals surface area contributed by atoms with Crippen LogP contribution in [0.1, 0.15) is 69.7 Å². The molecule has 1 aliphatic heterocycles. The second-order valence-electron chi connectivity index (χ2n) is 7.71. The van der Waals surface area contributed by atoms with E-state index in [2.05, 4.69) is 41.2 Å². The Hall–Kier alpha value is -2.08. The number of nitrogens with one attached hydrogen (secondary N) is 2. The largest absolute Gasteiger partial charge is 0.371 e.